The molecule has 0 unspecified atom stereocenters. The van der Waals surface area contributed by atoms with Gasteiger partial charge in [0, 0.05) is 36.2 Å². The molecule has 2 N–H and O–H groups in total. The molecule has 1 aromatic carbocycles. The molecule has 108 valence electrons. The Kier molecular flexibility index (Phi) is 3.56. The van der Waals surface area contributed by atoms with E-state index in [2.05, 4.69) is 4.98 Å². The molecule has 0 bridgehead atoms. The van der Waals surface area contributed by atoms with Gasteiger partial charge in [0.15, 0.2) is 0 Å². The maximum Gasteiger partial charge on any atom is 0.254 e. The van der Waals surface area contributed by atoms with Gasteiger partial charge in [0.05, 0.1) is 0 Å². The van der Waals surface area contributed by atoms with Crippen LogP contribution >= 0.6 is 0 Å². The van der Waals surface area contributed by atoms with Gasteiger partial charge in [0.1, 0.15) is 5.82 Å². The highest BCUT2D eigenvalue weighted by atomic mass is 19.1. The third-order valence-electron chi connectivity index (χ3n) is 3.49. The van der Waals surface area contributed by atoms with Crippen LogP contribution in [0.2, 0.25) is 0 Å². The van der Waals surface area contributed by atoms with E-state index in [0.29, 0.717) is 12.1 Å². The number of rotatable bonds is 4. The molecule has 2 aromatic rings. The minimum atomic E-state index is -0.490. The molecular weight excluding hydrogens is 269 g/mol. The molecule has 0 spiro atoms. The summed E-state index contributed by atoms with van der Waals surface area (Å²) < 4.78 is 13.4. The third-order valence-corrected chi connectivity index (χ3v) is 3.49. The Morgan fingerprint density at radius 2 is 2.19 bits per heavy atom. The molecule has 21 heavy (non-hydrogen) atoms. The van der Waals surface area contributed by atoms with Gasteiger partial charge in [0.25, 0.3) is 5.91 Å². The number of halogens is 1. The van der Waals surface area contributed by atoms with Gasteiger partial charge in [-0.3, -0.25) is 9.78 Å². The van der Waals surface area contributed by atoms with Crippen LogP contribution < -0.4 is 5.73 Å². The number of pyridine rings is 1. The van der Waals surface area contributed by atoms with Crippen molar-refractivity contribution in [3.05, 3.63) is 59.7 Å². The molecule has 0 atom stereocenters. The van der Waals surface area contributed by atoms with E-state index >= 15 is 0 Å². The van der Waals surface area contributed by atoms with Crippen molar-refractivity contribution in [3.8, 4) is 0 Å². The second kappa shape index (κ2) is 5.52. The number of nitrogens with zero attached hydrogens (tertiary/aromatic N) is 2. The molecule has 0 aliphatic heterocycles. The average Bonchev–Trinajstić information content (AvgIpc) is 3.29. The Labute approximate surface area is 122 Å². The Morgan fingerprint density at radius 3 is 2.81 bits per heavy atom. The lowest BCUT2D eigenvalue weighted by Gasteiger charge is -2.22. The van der Waals surface area contributed by atoms with Crippen LogP contribution in [0.4, 0.5) is 10.1 Å². The van der Waals surface area contributed by atoms with Crippen molar-refractivity contribution in [2.75, 3.05) is 5.73 Å². The standard InChI is InChI=1S/C16H16FN3O/c17-13-6-12(7-14(18)8-13)16(21)20(15-3-4-15)10-11-2-1-5-19-9-11/h1-2,5-9,15H,3-4,10,18H2. The predicted octanol–water partition coefficient (Wildman–Crippen LogP) is 2.61. The molecule has 1 saturated carbocycles. The van der Waals surface area contributed by atoms with Crippen LogP contribution in [0.25, 0.3) is 0 Å². The van der Waals surface area contributed by atoms with Crippen LogP contribution in [0.15, 0.2) is 42.7 Å². The van der Waals surface area contributed by atoms with E-state index in [9.17, 15) is 9.18 Å². The number of hydrogen-bond donors (Lipinski definition) is 1. The van der Waals surface area contributed by atoms with E-state index in [4.69, 9.17) is 5.73 Å². The fourth-order valence-electron chi connectivity index (χ4n) is 2.34. The Balaban J connectivity index is 1.85. The maximum absolute atomic E-state index is 13.4. The van der Waals surface area contributed by atoms with Crippen molar-refractivity contribution < 1.29 is 9.18 Å². The van der Waals surface area contributed by atoms with Crippen molar-refractivity contribution in [2.24, 2.45) is 0 Å². The zero-order valence-corrected chi connectivity index (χ0v) is 11.5. The quantitative estimate of drug-likeness (QED) is 0.878. The summed E-state index contributed by atoms with van der Waals surface area (Å²) in [5.41, 5.74) is 7.14. The largest absolute Gasteiger partial charge is 0.399 e. The van der Waals surface area contributed by atoms with Gasteiger partial charge in [-0.1, -0.05) is 6.07 Å². The van der Waals surface area contributed by atoms with E-state index in [0.717, 1.165) is 18.4 Å². The van der Waals surface area contributed by atoms with Crippen LogP contribution in [0.3, 0.4) is 0 Å². The van der Waals surface area contributed by atoms with Crippen molar-refractivity contribution >= 4 is 11.6 Å². The molecule has 4 nitrogen and oxygen atoms in total. The second-order valence-corrected chi connectivity index (χ2v) is 5.30. The molecular formula is C16H16FN3O. The predicted molar refractivity (Wildman–Crippen MR) is 77.9 cm³/mol. The van der Waals surface area contributed by atoms with E-state index in [-0.39, 0.29) is 17.6 Å². The molecule has 0 saturated heterocycles. The number of benzene rings is 1. The van der Waals surface area contributed by atoms with Crippen LogP contribution in [-0.4, -0.2) is 21.8 Å². The second-order valence-electron chi connectivity index (χ2n) is 5.30. The first-order chi connectivity index (χ1) is 10.1. The summed E-state index contributed by atoms with van der Waals surface area (Å²) in [6.45, 7) is 0.480. The highest BCUT2D eigenvalue weighted by Gasteiger charge is 2.33. The summed E-state index contributed by atoms with van der Waals surface area (Å²) in [7, 11) is 0. The monoisotopic (exact) mass is 285 g/mol. The fourth-order valence-corrected chi connectivity index (χ4v) is 2.34. The smallest absolute Gasteiger partial charge is 0.254 e. The number of nitrogen functional groups attached to an aromatic ring is 1. The molecule has 0 radical (unpaired) electrons. The molecule has 5 heteroatoms. The van der Waals surface area contributed by atoms with Crippen molar-refractivity contribution in [2.45, 2.75) is 25.4 Å². The zero-order valence-electron chi connectivity index (χ0n) is 11.5. The maximum atomic E-state index is 13.4. The summed E-state index contributed by atoms with van der Waals surface area (Å²) in [6.07, 6.45) is 5.40. The number of nitrogens with two attached hydrogens (primary N) is 1. The van der Waals surface area contributed by atoms with E-state index in [1.165, 1.54) is 18.2 Å². The number of hydrogen-bond acceptors (Lipinski definition) is 3. The van der Waals surface area contributed by atoms with Crippen molar-refractivity contribution in [3.63, 3.8) is 0 Å². The van der Waals surface area contributed by atoms with Crippen LogP contribution in [0.5, 0.6) is 0 Å². The summed E-state index contributed by atoms with van der Waals surface area (Å²) in [5.74, 6) is -0.678. The minimum Gasteiger partial charge on any atom is -0.399 e. The zero-order chi connectivity index (χ0) is 14.8. The minimum absolute atomic E-state index is 0.187. The summed E-state index contributed by atoms with van der Waals surface area (Å²) in [5, 5.41) is 0. The fraction of sp³-hybridized carbons (Fsp3) is 0.250. The van der Waals surface area contributed by atoms with E-state index in [1.54, 1.807) is 17.3 Å². The third kappa shape index (κ3) is 3.18. The summed E-state index contributed by atoms with van der Waals surface area (Å²) in [6, 6.07) is 7.95. The molecule has 1 aromatic heterocycles. The number of amides is 1. The Morgan fingerprint density at radius 1 is 1.38 bits per heavy atom. The Hall–Kier alpha value is -2.43. The lowest BCUT2D eigenvalue weighted by atomic mass is 10.1. The van der Waals surface area contributed by atoms with Gasteiger partial charge in [-0.15, -0.1) is 0 Å². The highest BCUT2D eigenvalue weighted by molar-refractivity contribution is 5.95. The molecule has 1 heterocycles. The summed E-state index contributed by atoms with van der Waals surface area (Å²) >= 11 is 0. The SMILES string of the molecule is Nc1cc(F)cc(C(=O)N(Cc2cccnc2)C2CC2)c1. The van der Waals surface area contributed by atoms with Crippen LogP contribution in [-0.2, 0) is 6.54 Å². The van der Waals surface area contributed by atoms with Gasteiger partial charge in [-0.25, -0.2) is 4.39 Å². The first-order valence-corrected chi connectivity index (χ1v) is 6.89. The first-order valence-electron chi connectivity index (χ1n) is 6.89. The highest BCUT2D eigenvalue weighted by Crippen LogP contribution is 2.30. The van der Waals surface area contributed by atoms with Gasteiger partial charge < -0.3 is 10.6 Å². The normalized spacial score (nSPS) is 14.0. The Bertz CT molecular complexity index is 636. The van der Waals surface area contributed by atoms with E-state index < -0.39 is 5.82 Å². The van der Waals surface area contributed by atoms with Crippen LogP contribution in [0.1, 0.15) is 28.8 Å². The molecule has 1 fully saturated rings. The van der Waals surface area contributed by atoms with Crippen molar-refractivity contribution in [1.82, 2.24) is 9.88 Å². The molecule has 3 rings (SSSR count). The van der Waals surface area contributed by atoms with Gasteiger partial charge in [-0.2, -0.15) is 0 Å². The lowest BCUT2D eigenvalue weighted by molar-refractivity contribution is 0.0729. The molecule has 1 amide bonds. The number of carbonyl (C=O) groups excluding carboxylic acids is 1. The molecule has 1 aliphatic rings. The van der Waals surface area contributed by atoms with Gasteiger partial charge in [0.2, 0.25) is 0 Å². The summed E-state index contributed by atoms with van der Waals surface area (Å²) in [4.78, 5) is 18.4. The number of carbonyl (C=O) groups is 1. The average molecular weight is 285 g/mol. The van der Waals surface area contributed by atoms with Crippen molar-refractivity contribution in [1.29, 1.82) is 0 Å². The van der Waals surface area contributed by atoms with E-state index in [1.807, 2.05) is 12.1 Å². The molecule has 1 aliphatic carbocycles. The van der Waals surface area contributed by atoms with Crippen LogP contribution in [0, 0.1) is 5.82 Å². The first kappa shape index (κ1) is 13.5. The topological polar surface area (TPSA) is 59.2 Å². The number of aromatic nitrogens is 1. The van der Waals surface area contributed by atoms with Gasteiger partial charge >= 0.3 is 0 Å². The number of anilines is 1. The lowest BCUT2D eigenvalue weighted by Crippen LogP contribution is -2.32. The van der Waals surface area contributed by atoms with Gasteiger partial charge in [-0.05, 0) is 42.7 Å².